The number of halogens is 1. The van der Waals surface area contributed by atoms with Gasteiger partial charge in [-0.15, -0.1) is 0 Å². The van der Waals surface area contributed by atoms with Crippen LogP contribution in [0.4, 0.5) is 4.39 Å². The highest BCUT2D eigenvalue weighted by atomic mass is 19.1. The number of nitrogens with one attached hydrogen (secondary N) is 2. The molecule has 7 heteroatoms. The average molecular weight is 381 g/mol. The van der Waals surface area contributed by atoms with E-state index in [1.165, 1.54) is 12.1 Å². The summed E-state index contributed by atoms with van der Waals surface area (Å²) in [7, 11) is 1.72. The number of ether oxygens (including phenoxy) is 1. The first-order chi connectivity index (χ1) is 13.6. The standard InChI is InChI=1S/C21H24FN5O/c1-16(28-20-9-7-18(22)8-10-20)14-24-21(23-2)25-15-17-5-3-6-19(13-17)27-12-4-11-26-27/h3-13,16H,14-15H2,1-2H3,(H2,23,24,25). The Morgan fingerprint density at radius 3 is 2.71 bits per heavy atom. The van der Waals surface area contributed by atoms with Gasteiger partial charge in [0, 0.05) is 26.0 Å². The largest absolute Gasteiger partial charge is 0.489 e. The van der Waals surface area contributed by atoms with Crippen molar-refractivity contribution < 1.29 is 9.13 Å². The van der Waals surface area contributed by atoms with Gasteiger partial charge in [-0.2, -0.15) is 5.10 Å². The molecule has 28 heavy (non-hydrogen) atoms. The zero-order valence-electron chi connectivity index (χ0n) is 16.0. The van der Waals surface area contributed by atoms with Crippen molar-refractivity contribution in [3.63, 3.8) is 0 Å². The van der Waals surface area contributed by atoms with Crippen LogP contribution in [0.2, 0.25) is 0 Å². The van der Waals surface area contributed by atoms with Crippen LogP contribution in [-0.2, 0) is 6.54 Å². The summed E-state index contributed by atoms with van der Waals surface area (Å²) in [6, 6.07) is 16.0. The van der Waals surface area contributed by atoms with Gasteiger partial charge in [0.25, 0.3) is 0 Å². The number of guanidine groups is 1. The van der Waals surface area contributed by atoms with E-state index in [0.717, 1.165) is 11.3 Å². The van der Waals surface area contributed by atoms with Gasteiger partial charge in [-0.3, -0.25) is 4.99 Å². The zero-order chi connectivity index (χ0) is 19.8. The molecule has 1 heterocycles. The Labute approximate surface area is 164 Å². The second-order valence-electron chi connectivity index (χ2n) is 6.31. The molecule has 146 valence electrons. The molecule has 0 saturated heterocycles. The van der Waals surface area contributed by atoms with Crippen LogP contribution in [0.15, 0.2) is 72.0 Å². The van der Waals surface area contributed by atoms with E-state index in [1.807, 2.05) is 42.1 Å². The lowest BCUT2D eigenvalue weighted by Crippen LogP contribution is -2.41. The Hall–Kier alpha value is -3.35. The van der Waals surface area contributed by atoms with Crippen LogP contribution in [0.1, 0.15) is 12.5 Å². The summed E-state index contributed by atoms with van der Waals surface area (Å²) in [5.41, 5.74) is 2.13. The van der Waals surface area contributed by atoms with E-state index in [2.05, 4.69) is 26.8 Å². The number of benzene rings is 2. The summed E-state index contributed by atoms with van der Waals surface area (Å²) >= 11 is 0. The molecule has 0 amide bonds. The Balaban J connectivity index is 1.48. The van der Waals surface area contributed by atoms with Gasteiger partial charge in [0.1, 0.15) is 17.7 Å². The van der Waals surface area contributed by atoms with Crippen LogP contribution in [0.25, 0.3) is 5.69 Å². The Morgan fingerprint density at radius 2 is 2.00 bits per heavy atom. The molecule has 0 fully saturated rings. The first kappa shape index (κ1) is 19.4. The molecule has 1 atom stereocenters. The van der Waals surface area contributed by atoms with Crippen LogP contribution in [0.3, 0.4) is 0 Å². The van der Waals surface area contributed by atoms with E-state index in [9.17, 15) is 4.39 Å². The molecule has 3 aromatic rings. The van der Waals surface area contributed by atoms with Crippen molar-refractivity contribution in [2.45, 2.75) is 19.6 Å². The minimum Gasteiger partial charge on any atom is -0.489 e. The summed E-state index contributed by atoms with van der Waals surface area (Å²) < 4.78 is 20.5. The van der Waals surface area contributed by atoms with Gasteiger partial charge in [-0.1, -0.05) is 12.1 Å². The van der Waals surface area contributed by atoms with E-state index in [-0.39, 0.29) is 11.9 Å². The predicted octanol–water partition coefficient (Wildman–Crippen LogP) is 3.14. The molecule has 1 aromatic heterocycles. The Morgan fingerprint density at radius 1 is 1.18 bits per heavy atom. The molecule has 0 radical (unpaired) electrons. The number of hydrogen-bond donors (Lipinski definition) is 2. The molecule has 2 N–H and O–H groups in total. The molecule has 0 spiro atoms. The number of rotatable bonds is 7. The van der Waals surface area contributed by atoms with Gasteiger partial charge in [0.2, 0.25) is 0 Å². The molecule has 6 nitrogen and oxygen atoms in total. The van der Waals surface area contributed by atoms with Gasteiger partial charge >= 0.3 is 0 Å². The van der Waals surface area contributed by atoms with E-state index < -0.39 is 0 Å². The van der Waals surface area contributed by atoms with Crippen molar-refractivity contribution in [1.29, 1.82) is 0 Å². The number of aromatic nitrogens is 2. The fraction of sp³-hybridized carbons (Fsp3) is 0.238. The van der Waals surface area contributed by atoms with Crippen LogP contribution in [-0.4, -0.2) is 35.4 Å². The number of nitrogens with zero attached hydrogens (tertiary/aromatic N) is 3. The van der Waals surface area contributed by atoms with Crippen molar-refractivity contribution in [3.05, 3.63) is 78.4 Å². The smallest absolute Gasteiger partial charge is 0.191 e. The van der Waals surface area contributed by atoms with E-state index in [1.54, 1.807) is 25.4 Å². The minimum absolute atomic E-state index is 0.104. The van der Waals surface area contributed by atoms with Crippen LogP contribution >= 0.6 is 0 Å². The summed E-state index contributed by atoms with van der Waals surface area (Å²) in [6.07, 6.45) is 3.56. The fourth-order valence-electron chi connectivity index (χ4n) is 2.66. The van der Waals surface area contributed by atoms with Crippen molar-refractivity contribution in [3.8, 4) is 11.4 Å². The summed E-state index contributed by atoms with van der Waals surface area (Å²) in [6.45, 7) is 3.13. The topological polar surface area (TPSA) is 63.5 Å². The second kappa shape index (κ2) is 9.55. The molecular formula is C21H24FN5O. The maximum Gasteiger partial charge on any atom is 0.191 e. The molecule has 0 aliphatic rings. The highest BCUT2D eigenvalue weighted by Gasteiger charge is 2.06. The highest BCUT2D eigenvalue weighted by molar-refractivity contribution is 5.79. The first-order valence-corrected chi connectivity index (χ1v) is 9.10. The third-order valence-electron chi connectivity index (χ3n) is 4.07. The summed E-state index contributed by atoms with van der Waals surface area (Å²) in [5, 5.41) is 10.8. The van der Waals surface area contributed by atoms with Crippen molar-refractivity contribution >= 4 is 5.96 Å². The molecule has 1 unspecified atom stereocenters. The minimum atomic E-state index is -0.278. The second-order valence-corrected chi connectivity index (χ2v) is 6.31. The highest BCUT2D eigenvalue weighted by Crippen LogP contribution is 2.13. The van der Waals surface area contributed by atoms with Crippen LogP contribution < -0.4 is 15.4 Å². The lowest BCUT2D eigenvalue weighted by Gasteiger charge is -2.18. The maximum atomic E-state index is 13.0. The number of hydrogen-bond acceptors (Lipinski definition) is 3. The average Bonchev–Trinajstić information content (AvgIpc) is 3.25. The first-order valence-electron chi connectivity index (χ1n) is 9.10. The van der Waals surface area contributed by atoms with Gasteiger partial charge < -0.3 is 15.4 Å². The van der Waals surface area contributed by atoms with E-state index in [4.69, 9.17) is 4.74 Å². The third kappa shape index (κ3) is 5.57. The maximum absolute atomic E-state index is 13.0. The monoisotopic (exact) mass is 381 g/mol. The fourth-order valence-corrected chi connectivity index (χ4v) is 2.66. The van der Waals surface area contributed by atoms with Crippen LogP contribution in [0.5, 0.6) is 5.75 Å². The SMILES string of the molecule is CN=C(NCc1cccc(-n2cccn2)c1)NCC(C)Oc1ccc(F)cc1. The summed E-state index contributed by atoms with van der Waals surface area (Å²) in [4.78, 5) is 4.24. The molecular weight excluding hydrogens is 357 g/mol. The molecule has 0 bridgehead atoms. The van der Waals surface area contributed by atoms with Crippen molar-refractivity contribution in [1.82, 2.24) is 20.4 Å². The summed E-state index contributed by atoms with van der Waals surface area (Å²) in [5.74, 6) is 1.03. The van der Waals surface area contributed by atoms with Gasteiger partial charge in [0.15, 0.2) is 5.96 Å². The molecule has 0 aliphatic carbocycles. The van der Waals surface area contributed by atoms with Crippen molar-refractivity contribution in [2.75, 3.05) is 13.6 Å². The lowest BCUT2D eigenvalue weighted by molar-refractivity contribution is 0.223. The van der Waals surface area contributed by atoms with Gasteiger partial charge in [-0.05, 0) is 55.0 Å². The van der Waals surface area contributed by atoms with Gasteiger partial charge in [-0.25, -0.2) is 9.07 Å². The Bertz CT molecular complexity index is 893. The quantitative estimate of drug-likeness (QED) is 0.488. The van der Waals surface area contributed by atoms with Crippen molar-refractivity contribution in [2.24, 2.45) is 4.99 Å². The zero-order valence-corrected chi connectivity index (χ0v) is 16.0. The third-order valence-corrected chi connectivity index (χ3v) is 4.07. The number of aliphatic imine (C=N–C) groups is 1. The van der Waals surface area contributed by atoms with E-state index >= 15 is 0 Å². The molecule has 0 saturated carbocycles. The lowest BCUT2D eigenvalue weighted by atomic mass is 10.2. The normalized spacial score (nSPS) is 12.5. The molecule has 2 aromatic carbocycles. The van der Waals surface area contributed by atoms with E-state index in [0.29, 0.717) is 24.8 Å². The Kier molecular flexibility index (Phi) is 6.62. The van der Waals surface area contributed by atoms with Gasteiger partial charge in [0.05, 0.1) is 12.2 Å². The van der Waals surface area contributed by atoms with Crippen LogP contribution in [0, 0.1) is 5.82 Å². The molecule has 0 aliphatic heterocycles. The predicted molar refractivity (Wildman–Crippen MR) is 108 cm³/mol. The molecule has 3 rings (SSSR count).